The molecule has 0 saturated heterocycles. The Balaban J connectivity index is 1.70. The Hall–Kier alpha value is -2.82. The van der Waals surface area contributed by atoms with Crippen LogP contribution in [0.4, 0.5) is 5.69 Å². The number of hydrogen-bond acceptors (Lipinski definition) is 3. The van der Waals surface area contributed by atoms with Crippen LogP contribution in [0, 0.1) is 0 Å². The number of aliphatic carboxylic acids is 1. The van der Waals surface area contributed by atoms with Gasteiger partial charge < -0.3 is 15.2 Å². The van der Waals surface area contributed by atoms with Crippen molar-refractivity contribution in [1.82, 2.24) is 0 Å². The molecular formula is C19H21NO4. The van der Waals surface area contributed by atoms with Gasteiger partial charge in [0.1, 0.15) is 5.75 Å². The molecule has 126 valence electrons. The highest BCUT2D eigenvalue weighted by atomic mass is 16.5. The van der Waals surface area contributed by atoms with Gasteiger partial charge in [-0.1, -0.05) is 30.3 Å². The van der Waals surface area contributed by atoms with E-state index in [0.29, 0.717) is 12.3 Å². The van der Waals surface area contributed by atoms with Crippen LogP contribution in [0.15, 0.2) is 54.6 Å². The van der Waals surface area contributed by atoms with E-state index < -0.39 is 5.97 Å². The summed E-state index contributed by atoms with van der Waals surface area (Å²) in [7, 11) is 0. The van der Waals surface area contributed by atoms with Gasteiger partial charge >= 0.3 is 5.97 Å². The van der Waals surface area contributed by atoms with Crippen molar-refractivity contribution in [2.45, 2.75) is 25.7 Å². The van der Waals surface area contributed by atoms with Gasteiger partial charge in [0.05, 0.1) is 13.0 Å². The highest BCUT2D eigenvalue weighted by molar-refractivity contribution is 5.92. The summed E-state index contributed by atoms with van der Waals surface area (Å²) in [5, 5.41) is 11.2. The summed E-state index contributed by atoms with van der Waals surface area (Å²) in [6.07, 6.45) is 1.69. The number of rotatable bonds is 9. The Morgan fingerprint density at radius 3 is 2.33 bits per heavy atom. The lowest BCUT2D eigenvalue weighted by atomic mass is 10.1. The normalized spacial score (nSPS) is 10.2. The number of anilines is 1. The van der Waals surface area contributed by atoms with Gasteiger partial charge in [0, 0.05) is 12.1 Å². The van der Waals surface area contributed by atoms with Crippen LogP contribution in [0.2, 0.25) is 0 Å². The topological polar surface area (TPSA) is 75.6 Å². The lowest BCUT2D eigenvalue weighted by Gasteiger charge is -2.08. The maximum absolute atomic E-state index is 11.5. The van der Waals surface area contributed by atoms with Crippen LogP contribution in [0.3, 0.4) is 0 Å². The number of hydrogen-bond donors (Lipinski definition) is 2. The molecule has 1 amide bonds. The molecule has 0 unspecified atom stereocenters. The Morgan fingerprint density at radius 1 is 0.958 bits per heavy atom. The predicted molar refractivity (Wildman–Crippen MR) is 92.2 cm³/mol. The summed E-state index contributed by atoms with van der Waals surface area (Å²) in [6, 6.07) is 17.3. The number of benzene rings is 2. The van der Waals surface area contributed by atoms with Gasteiger partial charge in [0.15, 0.2) is 0 Å². The molecule has 0 aliphatic rings. The first-order valence-electron chi connectivity index (χ1n) is 7.92. The van der Waals surface area contributed by atoms with Gasteiger partial charge in [-0.3, -0.25) is 9.59 Å². The van der Waals surface area contributed by atoms with Gasteiger partial charge in [0.25, 0.3) is 0 Å². The molecule has 2 rings (SSSR count). The zero-order valence-corrected chi connectivity index (χ0v) is 13.4. The first-order chi connectivity index (χ1) is 11.6. The van der Waals surface area contributed by atoms with E-state index in [2.05, 4.69) is 17.4 Å². The minimum atomic E-state index is -0.982. The predicted octanol–water partition coefficient (Wildman–Crippen LogP) is 3.50. The Labute approximate surface area is 141 Å². The molecule has 2 aromatic carbocycles. The SMILES string of the molecule is O=C(O)CCC(=O)Nc1ccc(OCCCc2ccccc2)cc1. The largest absolute Gasteiger partial charge is 0.494 e. The summed E-state index contributed by atoms with van der Waals surface area (Å²) >= 11 is 0. The number of amides is 1. The second-order valence-electron chi connectivity index (χ2n) is 5.40. The van der Waals surface area contributed by atoms with Gasteiger partial charge in [0.2, 0.25) is 5.91 Å². The zero-order valence-electron chi connectivity index (χ0n) is 13.4. The summed E-state index contributed by atoms with van der Waals surface area (Å²) in [6.45, 7) is 0.624. The second-order valence-corrected chi connectivity index (χ2v) is 5.40. The molecule has 0 radical (unpaired) electrons. The Kier molecular flexibility index (Phi) is 6.83. The minimum absolute atomic E-state index is 0.0347. The molecule has 5 heteroatoms. The molecule has 5 nitrogen and oxygen atoms in total. The van der Waals surface area contributed by atoms with E-state index in [0.717, 1.165) is 18.6 Å². The summed E-state index contributed by atoms with van der Waals surface area (Å²) < 4.78 is 5.68. The molecule has 0 atom stereocenters. The number of ether oxygens (including phenoxy) is 1. The number of carbonyl (C=O) groups excluding carboxylic acids is 1. The first-order valence-corrected chi connectivity index (χ1v) is 7.92. The maximum atomic E-state index is 11.5. The van der Waals surface area contributed by atoms with E-state index in [-0.39, 0.29) is 18.7 Å². The Morgan fingerprint density at radius 2 is 1.67 bits per heavy atom. The molecule has 0 spiro atoms. The molecule has 0 aliphatic carbocycles. The van der Waals surface area contributed by atoms with Crippen molar-refractivity contribution in [3.05, 3.63) is 60.2 Å². The van der Waals surface area contributed by atoms with Crippen LogP contribution in [-0.4, -0.2) is 23.6 Å². The Bertz CT molecular complexity index is 653. The van der Waals surface area contributed by atoms with Crippen molar-refractivity contribution in [2.75, 3.05) is 11.9 Å². The molecule has 0 bridgehead atoms. The van der Waals surface area contributed by atoms with E-state index in [1.54, 1.807) is 24.3 Å². The molecule has 2 aromatic rings. The summed E-state index contributed by atoms with van der Waals surface area (Å²) in [5.41, 5.74) is 1.92. The lowest BCUT2D eigenvalue weighted by molar-refractivity contribution is -0.138. The summed E-state index contributed by atoms with van der Waals surface area (Å²) in [4.78, 5) is 22.0. The first kappa shape index (κ1) is 17.5. The van der Waals surface area contributed by atoms with Crippen LogP contribution in [-0.2, 0) is 16.0 Å². The van der Waals surface area contributed by atoms with Crippen LogP contribution in [0.5, 0.6) is 5.75 Å². The number of carbonyl (C=O) groups is 2. The molecule has 0 heterocycles. The zero-order chi connectivity index (χ0) is 17.2. The highest BCUT2D eigenvalue weighted by Crippen LogP contribution is 2.16. The van der Waals surface area contributed by atoms with E-state index >= 15 is 0 Å². The fraction of sp³-hybridized carbons (Fsp3) is 0.263. The van der Waals surface area contributed by atoms with Crippen molar-refractivity contribution in [1.29, 1.82) is 0 Å². The lowest BCUT2D eigenvalue weighted by Crippen LogP contribution is -2.13. The highest BCUT2D eigenvalue weighted by Gasteiger charge is 2.05. The third-order valence-corrected chi connectivity index (χ3v) is 3.43. The third-order valence-electron chi connectivity index (χ3n) is 3.43. The fourth-order valence-corrected chi connectivity index (χ4v) is 2.19. The fourth-order valence-electron chi connectivity index (χ4n) is 2.19. The minimum Gasteiger partial charge on any atom is -0.494 e. The molecule has 0 aliphatic heterocycles. The average Bonchev–Trinajstić information content (AvgIpc) is 2.59. The average molecular weight is 327 g/mol. The number of aryl methyl sites for hydroxylation is 1. The van der Waals surface area contributed by atoms with Crippen LogP contribution in [0.1, 0.15) is 24.8 Å². The smallest absolute Gasteiger partial charge is 0.303 e. The molecule has 24 heavy (non-hydrogen) atoms. The van der Waals surface area contributed by atoms with Gasteiger partial charge in [-0.05, 0) is 42.7 Å². The van der Waals surface area contributed by atoms with Crippen molar-refractivity contribution >= 4 is 17.6 Å². The number of nitrogens with one attached hydrogen (secondary N) is 1. The van der Waals surface area contributed by atoms with Crippen LogP contribution < -0.4 is 10.1 Å². The van der Waals surface area contributed by atoms with Gasteiger partial charge in [-0.15, -0.1) is 0 Å². The van der Waals surface area contributed by atoms with Crippen molar-refractivity contribution in [3.63, 3.8) is 0 Å². The molecule has 0 saturated carbocycles. The standard InChI is InChI=1S/C19H21NO4/c21-18(12-13-19(22)23)20-16-8-10-17(11-9-16)24-14-4-7-15-5-2-1-3-6-15/h1-3,5-6,8-11H,4,7,12-14H2,(H,20,21)(H,22,23). The van der Waals surface area contributed by atoms with Gasteiger partial charge in [-0.2, -0.15) is 0 Å². The third kappa shape index (κ3) is 6.52. The second kappa shape index (κ2) is 9.35. The molecule has 2 N–H and O–H groups in total. The van der Waals surface area contributed by atoms with Crippen molar-refractivity contribution in [3.8, 4) is 5.75 Å². The summed E-state index contributed by atoms with van der Waals surface area (Å²) in [5.74, 6) is -0.551. The monoisotopic (exact) mass is 327 g/mol. The van der Waals surface area contributed by atoms with E-state index in [1.165, 1.54) is 5.56 Å². The van der Waals surface area contributed by atoms with E-state index in [4.69, 9.17) is 9.84 Å². The number of carboxylic acid groups (broad SMARTS) is 1. The van der Waals surface area contributed by atoms with Crippen LogP contribution in [0.25, 0.3) is 0 Å². The van der Waals surface area contributed by atoms with Gasteiger partial charge in [-0.25, -0.2) is 0 Å². The molecule has 0 aromatic heterocycles. The van der Waals surface area contributed by atoms with Crippen molar-refractivity contribution < 1.29 is 19.4 Å². The van der Waals surface area contributed by atoms with Crippen molar-refractivity contribution in [2.24, 2.45) is 0 Å². The maximum Gasteiger partial charge on any atom is 0.303 e. The van der Waals surface area contributed by atoms with Crippen LogP contribution >= 0.6 is 0 Å². The quantitative estimate of drug-likeness (QED) is 0.691. The van der Waals surface area contributed by atoms with E-state index in [9.17, 15) is 9.59 Å². The van der Waals surface area contributed by atoms with E-state index in [1.807, 2.05) is 18.2 Å². The molecular weight excluding hydrogens is 306 g/mol. The number of carboxylic acids is 1. The molecule has 0 fully saturated rings.